The quantitative estimate of drug-likeness (QED) is 0.508. The van der Waals surface area contributed by atoms with Gasteiger partial charge in [0.1, 0.15) is 0 Å². The zero-order valence-corrected chi connectivity index (χ0v) is 11.3. The Hall–Kier alpha value is -3.02. The molecule has 0 radical (unpaired) electrons. The molecule has 6 heteroatoms. The molecule has 2 rings (SSSR count). The summed E-state index contributed by atoms with van der Waals surface area (Å²) in [5.41, 5.74) is 8.48. The smallest absolute Gasteiger partial charge is 0.335 e. The molecule has 0 saturated heterocycles. The summed E-state index contributed by atoms with van der Waals surface area (Å²) in [5.74, 6) is -0.997. The lowest BCUT2D eigenvalue weighted by Crippen LogP contribution is -1.94. The fourth-order valence-corrected chi connectivity index (χ4v) is 1.73. The first kappa shape index (κ1) is 14.4. The molecule has 0 aliphatic carbocycles. The monoisotopic (exact) mass is 283 g/mol. The largest absolute Gasteiger partial charge is 0.478 e. The van der Waals surface area contributed by atoms with Crippen molar-refractivity contribution in [3.8, 4) is 0 Å². The van der Waals surface area contributed by atoms with Gasteiger partial charge in [0.15, 0.2) is 6.29 Å². The maximum absolute atomic E-state index is 10.9. The van der Waals surface area contributed by atoms with Crippen LogP contribution in [0.5, 0.6) is 0 Å². The lowest BCUT2D eigenvalue weighted by atomic mass is 10.1. The molecule has 0 aliphatic heterocycles. The standard InChI is InChI=1S/C15H13N3O3/c1-9-6-13(16)11(8-19)7-14(9)18-17-12-4-2-10(3-5-12)15(20)21/h2-8H,16H2,1H3,(H,20,21). The fraction of sp³-hybridized carbons (Fsp3) is 0.0667. The van der Waals surface area contributed by atoms with Gasteiger partial charge in [0, 0.05) is 11.3 Å². The number of carboxylic acid groups (broad SMARTS) is 1. The highest BCUT2D eigenvalue weighted by molar-refractivity contribution is 5.88. The van der Waals surface area contributed by atoms with Crippen molar-refractivity contribution in [3.05, 3.63) is 53.1 Å². The summed E-state index contributed by atoms with van der Waals surface area (Å²) in [6.07, 6.45) is 0.662. The summed E-state index contributed by atoms with van der Waals surface area (Å²) >= 11 is 0. The van der Waals surface area contributed by atoms with Crippen LogP contribution in [0, 0.1) is 6.92 Å². The predicted molar refractivity (Wildman–Crippen MR) is 78.6 cm³/mol. The number of carboxylic acids is 1. The van der Waals surface area contributed by atoms with Crippen LogP contribution in [-0.4, -0.2) is 17.4 Å². The molecule has 0 atom stereocenters. The second kappa shape index (κ2) is 5.96. The minimum absolute atomic E-state index is 0.181. The molecular weight excluding hydrogens is 270 g/mol. The summed E-state index contributed by atoms with van der Waals surface area (Å²) in [6.45, 7) is 1.81. The number of hydrogen-bond acceptors (Lipinski definition) is 5. The molecule has 2 aromatic rings. The number of nitrogens with two attached hydrogens (primary N) is 1. The SMILES string of the molecule is Cc1cc(N)c(C=O)cc1N=Nc1ccc(C(=O)O)cc1. The molecule has 6 nitrogen and oxygen atoms in total. The Morgan fingerprint density at radius 2 is 1.86 bits per heavy atom. The van der Waals surface area contributed by atoms with E-state index in [2.05, 4.69) is 10.2 Å². The average molecular weight is 283 g/mol. The average Bonchev–Trinajstić information content (AvgIpc) is 2.47. The second-order valence-electron chi connectivity index (χ2n) is 4.44. The van der Waals surface area contributed by atoms with E-state index in [9.17, 15) is 9.59 Å². The van der Waals surface area contributed by atoms with Gasteiger partial charge in [-0.15, -0.1) is 0 Å². The molecule has 21 heavy (non-hydrogen) atoms. The minimum Gasteiger partial charge on any atom is -0.478 e. The van der Waals surface area contributed by atoms with Gasteiger partial charge in [-0.05, 0) is 48.9 Å². The van der Waals surface area contributed by atoms with Crippen LogP contribution in [0.15, 0.2) is 46.6 Å². The summed E-state index contributed by atoms with van der Waals surface area (Å²) in [7, 11) is 0. The molecule has 0 spiro atoms. The first-order valence-corrected chi connectivity index (χ1v) is 6.11. The summed E-state index contributed by atoms with van der Waals surface area (Å²) < 4.78 is 0. The molecule has 2 aromatic carbocycles. The number of benzene rings is 2. The van der Waals surface area contributed by atoms with Crippen LogP contribution >= 0.6 is 0 Å². The third-order valence-electron chi connectivity index (χ3n) is 2.92. The molecular formula is C15H13N3O3. The topological polar surface area (TPSA) is 105 Å². The van der Waals surface area contributed by atoms with Gasteiger partial charge >= 0.3 is 5.97 Å². The van der Waals surface area contributed by atoms with E-state index in [0.717, 1.165) is 5.56 Å². The van der Waals surface area contributed by atoms with Crippen molar-refractivity contribution >= 4 is 29.3 Å². The van der Waals surface area contributed by atoms with E-state index in [0.29, 0.717) is 28.9 Å². The lowest BCUT2D eigenvalue weighted by molar-refractivity contribution is 0.0696. The van der Waals surface area contributed by atoms with E-state index >= 15 is 0 Å². The van der Waals surface area contributed by atoms with Gasteiger partial charge in [0.05, 0.1) is 16.9 Å². The molecule has 106 valence electrons. The van der Waals surface area contributed by atoms with E-state index < -0.39 is 5.97 Å². The van der Waals surface area contributed by atoms with Crippen LogP contribution < -0.4 is 5.73 Å². The molecule has 0 aliphatic rings. The minimum atomic E-state index is -0.997. The summed E-state index contributed by atoms with van der Waals surface area (Å²) in [6, 6.07) is 9.23. The van der Waals surface area contributed by atoms with Gasteiger partial charge in [-0.25, -0.2) is 4.79 Å². The number of aldehydes is 1. The Morgan fingerprint density at radius 1 is 1.19 bits per heavy atom. The van der Waals surface area contributed by atoms with Crippen LogP contribution in [0.3, 0.4) is 0 Å². The number of azo groups is 1. The van der Waals surface area contributed by atoms with Crippen molar-refractivity contribution in [3.63, 3.8) is 0 Å². The molecule has 0 fully saturated rings. The highest BCUT2D eigenvalue weighted by atomic mass is 16.4. The number of carbonyl (C=O) groups excluding carboxylic acids is 1. The van der Waals surface area contributed by atoms with Gasteiger partial charge in [-0.1, -0.05) is 0 Å². The molecule has 3 N–H and O–H groups in total. The Labute approximate surface area is 120 Å². The third kappa shape index (κ3) is 3.30. The van der Waals surface area contributed by atoms with Crippen molar-refractivity contribution in [1.82, 2.24) is 0 Å². The van der Waals surface area contributed by atoms with Gasteiger partial charge in [0.25, 0.3) is 0 Å². The van der Waals surface area contributed by atoms with Crippen molar-refractivity contribution in [1.29, 1.82) is 0 Å². The number of anilines is 1. The molecule has 0 aromatic heterocycles. The van der Waals surface area contributed by atoms with Crippen LogP contribution in [0.2, 0.25) is 0 Å². The summed E-state index contributed by atoms with van der Waals surface area (Å²) in [5, 5.41) is 16.9. The van der Waals surface area contributed by atoms with E-state index in [1.54, 1.807) is 24.3 Å². The number of aromatic carboxylic acids is 1. The van der Waals surface area contributed by atoms with Crippen molar-refractivity contribution in [2.75, 3.05) is 5.73 Å². The zero-order chi connectivity index (χ0) is 15.4. The number of nitrogen functional groups attached to an aromatic ring is 1. The molecule has 0 saturated carbocycles. The normalized spacial score (nSPS) is 10.7. The molecule has 0 heterocycles. The Balaban J connectivity index is 2.28. The maximum Gasteiger partial charge on any atom is 0.335 e. The number of nitrogens with zero attached hydrogens (tertiary/aromatic N) is 2. The number of aryl methyl sites for hydroxylation is 1. The third-order valence-corrected chi connectivity index (χ3v) is 2.92. The van der Waals surface area contributed by atoms with Crippen LogP contribution in [0.25, 0.3) is 0 Å². The number of carbonyl (C=O) groups is 2. The van der Waals surface area contributed by atoms with Crippen LogP contribution in [0.4, 0.5) is 17.1 Å². The molecule has 0 unspecified atom stereocenters. The number of rotatable bonds is 4. The van der Waals surface area contributed by atoms with Crippen molar-refractivity contribution in [2.45, 2.75) is 6.92 Å². The highest BCUT2D eigenvalue weighted by Crippen LogP contribution is 2.26. The molecule has 0 amide bonds. The predicted octanol–water partition coefficient (Wildman–Crippen LogP) is 3.50. The van der Waals surface area contributed by atoms with Crippen LogP contribution in [-0.2, 0) is 0 Å². The van der Waals surface area contributed by atoms with Crippen molar-refractivity contribution in [2.24, 2.45) is 10.2 Å². The van der Waals surface area contributed by atoms with Crippen molar-refractivity contribution < 1.29 is 14.7 Å². The van der Waals surface area contributed by atoms with Gasteiger partial charge in [-0.3, -0.25) is 4.79 Å². The first-order valence-electron chi connectivity index (χ1n) is 6.11. The van der Waals surface area contributed by atoms with Gasteiger partial charge < -0.3 is 10.8 Å². The van der Waals surface area contributed by atoms with Crippen LogP contribution in [0.1, 0.15) is 26.3 Å². The van der Waals surface area contributed by atoms with Gasteiger partial charge in [-0.2, -0.15) is 10.2 Å². The Bertz CT molecular complexity index is 722. The van der Waals surface area contributed by atoms with E-state index in [1.165, 1.54) is 12.1 Å². The van der Waals surface area contributed by atoms with E-state index in [1.807, 2.05) is 6.92 Å². The highest BCUT2D eigenvalue weighted by Gasteiger charge is 2.04. The number of hydrogen-bond donors (Lipinski definition) is 2. The Kier molecular flexibility index (Phi) is 4.08. The first-order chi connectivity index (χ1) is 10.0. The summed E-state index contributed by atoms with van der Waals surface area (Å²) in [4.78, 5) is 21.6. The maximum atomic E-state index is 10.9. The lowest BCUT2D eigenvalue weighted by Gasteiger charge is -2.03. The molecule has 0 bridgehead atoms. The zero-order valence-electron chi connectivity index (χ0n) is 11.3. The van der Waals surface area contributed by atoms with Gasteiger partial charge in [0.2, 0.25) is 0 Å². The van der Waals surface area contributed by atoms with E-state index in [-0.39, 0.29) is 5.56 Å². The second-order valence-corrected chi connectivity index (χ2v) is 4.44. The fourth-order valence-electron chi connectivity index (χ4n) is 1.73. The van der Waals surface area contributed by atoms with E-state index in [4.69, 9.17) is 10.8 Å². The Morgan fingerprint density at radius 3 is 2.43 bits per heavy atom.